The first-order chi connectivity index (χ1) is 7.70. The Bertz CT molecular complexity index is 170. The number of aliphatic hydroxyl groups is 1. The first-order valence-corrected chi connectivity index (χ1v) is 7.11. The molecule has 2 atom stereocenters. The molecule has 96 valence electrons. The topological polar surface area (TPSA) is 32.3 Å². The third-order valence-corrected chi connectivity index (χ3v) is 3.59. The van der Waals surface area contributed by atoms with Crippen LogP contribution >= 0.6 is 0 Å². The van der Waals surface area contributed by atoms with E-state index in [0.29, 0.717) is 6.04 Å². The second-order valence-electron chi connectivity index (χ2n) is 5.66. The van der Waals surface area contributed by atoms with Crippen molar-refractivity contribution in [1.82, 2.24) is 5.32 Å². The highest BCUT2D eigenvalue weighted by molar-refractivity contribution is 4.78. The Hall–Kier alpha value is -0.0800. The second-order valence-corrected chi connectivity index (χ2v) is 5.66. The van der Waals surface area contributed by atoms with Crippen LogP contribution in [0.15, 0.2) is 0 Å². The van der Waals surface area contributed by atoms with Gasteiger partial charge in [-0.05, 0) is 31.7 Å². The molecule has 0 spiro atoms. The molecular weight excluding hydrogens is 198 g/mol. The molecule has 0 saturated heterocycles. The van der Waals surface area contributed by atoms with Gasteiger partial charge in [-0.3, -0.25) is 0 Å². The number of nitrogens with one attached hydrogen (secondary N) is 1. The Balaban J connectivity index is 2.06. The quantitative estimate of drug-likeness (QED) is 0.540. The van der Waals surface area contributed by atoms with Crippen molar-refractivity contribution < 1.29 is 5.11 Å². The van der Waals surface area contributed by atoms with E-state index in [-0.39, 0.29) is 6.10 Å². The van der Waals surface area contributed by atoms with Gasteiger partial charge in [-0.25, -0.2) is 0 Å². The van der Waals surface area contributed by atoms with Crippen LogP contribution in [0.2, 0.25) is 0 Å². The molecule has 0 amide bonds. The van der Waals surface area contributed by atoms with Crippen LogP contribution in [0.25, 0.3) is 0 Å². The first kappa shape index (κ1) is 14.0. The summed E-state index contributed by atoms with van der Waals surface area (Å²) in [5, 5.41) is 13.5. The molecule has 0 aromatic heterocycles. The summed E-state index contributed by atoms with van der Waals surface area (Å²) in [6.07, 6.45) is 9.71. The fourth-order valence-electron chi connectivity index (χ4n) is 2.49. The van der Waals surface area contributed by atoms with Crippen LogP contribution in [-0.2, 0) is 0 Å². The SMILES string of the molecule is CC(C)CCCCNC1CCCCCC1O. The van der Waals surface area contributed by atoms with E-state index >= 15 is 0 Å². The molecule has 1 saturated carbocycles. The minimum Gasteiger partial charge on any atom is -0.392 e. The van der Waals surface area contributed by atoms with Gasteiger partial charge in [0.2, 0.25) is 0 Å². The van der Waals surface area contributed by atoms with E-state index in [0.717, 1.165) is 25.3 Å². The van der Waals surface area contributed by atoms with Crippen LogP contribution < -0.4 is 5.32 Å². The van der Waals surface area contributed by atoms with Crippen molar-refractivity contribution in [3.63, 3.8) is 0 Å². The summed E-state index contributed by atoms with van der Waals surface area (Å²) < 4.78 is 0. The van der Waals surface area contributed by atoms with Crippen molar-refractivity contribution >= 4 is 0 Å². The minimum absolute atomic E-state index is 0.104. The highest BCUT2D eigenvalue weighted by Crippen LogP contribution is 2.18. The van der Waals surface area contributed by atoms with Crippen LogP contribution in [0, 0.1) is 5.92 Å². The summed E-state index contributed by atoms with van der Waals surface area (Å²) in [4.78, 5) is 0. The van der Waals surface area contributed by atoms with Gasteiger partial charge in [-0.2, -0.15) is 0 Å². The van der Waals surface area contributed by atoms with Crippen molar-refractivity contribution in [2.75, 3.05) is 6.54 Å². The molecule has 0 bridgehead atoms. The maximum Gasteiger partial charge on any atom is 0.0693 e. The van der Waals surface area contributed by atoms with E-state index in [1.54, 1.807) is 0 Å². The summed E-state index contributed by atoms with van der Waals surface area (Å²) in [7, 11) is 0. The molecule has 0 aliphatic heterocycles. The number of rotatable bonds is 6. The lowest BCUT2D eigenvalue weighted by molar-refractivity contribution is 0.120. The number of aliphatic hydroxyl groups excluding tert-OH is 1. The summed E-state index contributed by atoms with van der Waals surface area (Å²) in [6, 6.07) is 0.363. The van der Waals surface area contributed by atoms with Gasteiger partial charge in [-0.1, -0.05) is 46.0 Å². The normalized spacial score (nSPS) is 27.0. The van der Waals surface area contributed by atoms with Crippen LogP contribution in [0.1, 0.15) is 65.2 Å². The van der Waals surface area contributed by atoms with Gasteiger partial charge < -0.3 is 10.4 Å². The lowest BCUT2D eigenvalue weighted by Gasteiger charge is -2.21. The van der Waals surface area contributed by atoms with Crippen molar-refractivity contribution in [3.05, 3.63) is 0 Å². The van der Waals surface area contributed by atoms with Crippen molar-refractivity contribution in [2.45, 2.75) is 77.4 Å². The second kappa shape index (κ2) is 8.08. The van der Waals surface area contributed by atoms with Crippen molar-refractivity contribution in [2.24, 2.45) is 5.92 Å². The van der Waals surface area contributed by atoms with Gasteiger partial charge in [0.15, 0.2) is 0 Å². The summed E-state index contributed by atoms with van der Waals surface area (Å²) in [5.41, 5.74) is 0. The largest absolute Gasteiger partial charge is 0.392 e. The van der Waals surface area contributed by atoms with Gasteiger partial charge >= 0.3 is 0 Å². The van der Waals surface area contributed by atoms with Gasteiger partial charge in [0.25, 0.3) is 0 Å². The summed E-state index contributed by atoms with van der Waals surface area (Å²) >= 11 is 0. The fourth-order valence-corrected chi connectivity index (χ4v) is 2.49. The molecule has 0 radical (unpaired) electrons. The van der Waals surface area contributed by atoms with E-state index in [4.69, 9.17) is 0 Å². The van der Waals surface area contributed by atoms with Gasteiger partial charge in [0.1, 0.15) is 0 Å². The molecule has 0 heterocycles. The van der Waals surface area contributed by atoms with Crippen molar-refractivity contribution in [3.8, 4) is 0 Å². The van der Waals surface area contributed by atoms with E-state index in [9.17, 15) is 5.11 Å². The summed E-state index contributed by atoms with van der Waals surface area (Å²) in [5.74, 6) is 0.823. The molecule has 2 N–H and O–H groups in total. The molecular formula is C14H29NO. The van der Waals surface area contributed by atoms with Crippen LogP contribution in [-0.4, -0.2) is 23.8 Å². The zero-order chi connectivity index (χ0) is 11.8. The molecule has 0 aromatic rings. The monoisotopic (exact) mass is 227 g/mol. The number of unbranched alkanes of at least 4 members (excludes halogenated alkanes) is 1. The third-order valence-electron chi connectivity index (χ3n) is 3.59. The van der Waals surface area contributed by atoms with E-state index < -0.39 is 0 Å². The van der Waals surface area contributed by atoms with Crippen LogP contribution in [0.4, 0.5) is 0 Å². The maximum absolute atomic E-state index is 9.93. The van der Waals surface area contributed by atoms with Gasteiger partial charge in [0, 0.05) is 6.04 Å². The maximum atomic E-state index is 9.93. The highest BCUT2D eigenvalue weighted by atomic mass is 16.3. The highest BCUT2D eigenvalue weighted by Gasteiger charge is 2.20. The number of hydrogen-bond donors (Lipinski definition) is 2. The minimum atomic E-state index is -0.104. The smallest absolute Gasteiger partial charge is 0.0693 e. The molecule has 1 aliphatic carbocycles. The molecule has 2 unspecified atom stereocenters. The Kier molecular flexibility index (Phi) is 7.06. The van der Waals surface area contributed by atoms with E-state index in [2.05, 4.69) is 19.2 Å². The van der Waals surface area contributed by atoms with E-state index in [1.165, 1.54) is 38.5 Å². The Morgan fingerprint density at radius 1 is 1.12 bits per heavy atom. The summed E-state index contributed by atoms with van der Waals surface area (Å²) in [6.45, 7) is 5.64. The third kappa shape index (κ3) is 5.86. The fraction of sp³-hybridized carbons (Fsp3) is 1.00. The van der Waals surface area contributed by atoms with Crippen LogP contribution in [0.3, 0.4) is 0 Å². The number of hydrogen-bond acceptors (Lipinski definition) is 2. The molecule has 2 nitrogen and oxygen atoms in total. The van der Waals surface area contributed by atoms with Gasteiger partial charge in [0.05, 0.1) is 6.10 Å². The first-order valence-electron chi connectivity index (χ1n) is 7.11. The molecule has 1 aliphatic rings. The molecule has 2 heteroatoms. The molecule has 1 fully saturated rings. The Labute approximate surface area is 101 Å². The van der Waals surface area contributed by atoms with Gasteiger partial charge in [-0.15, -0.1) is 0 Å². The molecule has 0 aromatic carbocycles. The molecule has 1 rings (SSSR count). The average Bonchev–Trinajstić information content (AvgIpc) is 2.43. The van der Waals surface area contributed by atoms with E-state index in [1.807, 2.05) is 0 Å². The molecule has 16 heavy (non-hydrogen) atoms. The van der Waals surface area contributed by atoms with Crippen LogP contribution in [0.5, 0.6) is 0 Å². The lowest BCUT2D eigenvalue weighted by Crippen LogP contribution is -2.39. The van der Waals surface area contributed by atoms with Crippen molar-refractivity contribution in [1.29, 1.82) is 0 Å². The zero-order valence-corrected chi connectivity index (χ0v) is 11.0. The average molecular weight is 227 g/mol. The Morgan fingerprint density at radius 3 is 2.62 bits per heavy atom. The zero-order valence-electron chi connectivity index (χ0n) is 11.0. The standard InChI is InChI=1S/C14H29NO/c1-12(2)8-6-7-11-15-13-9-4-3-5-10-14(13)16/h12-16H,3-11H2,1-2H3. The Morgan fingerprint density at radius 2 is 1.88 bits per heavy atom. The lowest BCUT2D eigenvalue weighted by atomic mass is 10.0. The predicted molar refractivity (Wildman–Crippen MR) is 69.6 cm³/mol. The predicted octanol–water partition coefficient (Wildman–Crippen LogP) is 3.10.